The van der Waals surface area contributed by atoms with E-state index >= 15 is 0 Å². The van der Waals surface area contributed by atoms with Gasteiger partial charge in [-0.15, -0.1) is 0 Å². The highest BCUT2D eigenvalue weighted by molar-refractivity contribution is 9.10. The summed E-state index contributed by atoms with van der Waals surface area (Å²) < 4.78 is 1.07. The quantitative estimate of drug-likeness (QED) is 0.654. The Balaban J connectivity index is 1.92. The topological polar surface area (TPSA) is 55.2 Å². The average molecular weight is 335 g/mol. The summed E-state index contributed by atoms with van der Waals surface area (Å²) in [5.41, 5.74) is 3.45. The van der Waals surface area contributed by atoms with Crippen LogP contribution in [0.5, 0.6) is 0 Å². The van der Waals surface area contributed by atoms with Crippen LogP contribution in [-0.2, 0) is 6.42 Å². The van der Waals surface area contributed by atoms with E-state index < -0.39 is 0 Å². The summed E-state index contributed by atoms with van der Waals surface area (Å²) in [5, 5.41) is 13.9. The van der Waals surface area contributed by atoms with Gasteiger partial charge in [-0.2, -0.15) is 0 Å². The van der Waals surface area contributed by atoms with E-state index in [9.17, 15) is 10.1 Å². The lowest BCUT2D eigenvalue weighted by Crippen LogP contribution is -2.05. The number of benzene rings is 2. The van der Waals surface area contributed by atoms with E-state index in [-0.39, 0.29) is 10.6 Å². The van der Waals surface area contributed by atoms with Gasteiger partial charge in [0.2, 0.25) is 0 Å². The van der Waals surface area contributed by atoms with E-state index in [2.05, 4.69) is 21.2 Å². The van der Waals surface area contributed by atoms with E-state index in [1.165, 1.54) is 17.7 Å². The first-order valence-corrected chi connectivity index (χ1v) is 7.09. The summed E-state index contributed by atoms with van der Waals surface area (Å²) in [5.74, 6) is 0. The molecule has 0 atom stereocenters. The molecule has 104 valence electrons. The van der Waals surface area contributed by atoms with Gasteiger partial charge in [-0.25, -0.2) is 0 Å². The predicted octanol–water partition coefficient (Wildman–Crippen LogP) is 4.32. The predicted molar refractivity (Wildman–Crippen MR) is 84.2 cm³/mol. The van der Waals surface area contributed by atoms with Crippen LogP contribution in [0.25, 0.3) is 0 Å². The fourth-order valence-electron chi connectivity index (χ4n) is 1.91. The molecule has 2 aromatic rings. The summed E-state index contributed by atoms with van der Waals surface area (Å²) in [6.07, 6.45) is 0.818. The number of rotatable bonds is 5. The second-order valence-electron chi connectivity index (χ2n) is 4.54. The molecule has 0 radical (unpaired) electrons. The van der Waals surface area contributed by atoms with Gasteiger partial charge in [0.1, 0.15) is 0 Å². The van der Waals surface area contributed by atoms with Gasteiger partial charge in [-0.1, -0.05) is 24.3 Å². The number of hydrogen-bond acceptors (Lipinski definition) is 3. The molecule has 0 aliphatic heterocycles. The highest BCUT2D eigenvalue weighted by atomic mass is 79.9. The van der Waals surface area contributed by atoms with Crippen molar-refractivity contribution in [2.45, 2.75) is 13.3 Å². The van der Waals surface area contributed by atoms with Crippen molar-refractivity contribution in [3.05, 3.63) is 68.2 Å². The molecular weight excluding hydrogens is 320 g/mol. The number of hydrogen-bond donors (Lipinski definition) is 1. The average Bonchev–Trinajstić information content (AvgIpc) is 2.44. The maximum atomic E-state index is 10.6. The summed E-state index contributed by atoms with van der Waals surface area (Å²) in [6.45, 7) is 2.82. The molecule has 4 nitrogen and oxygen atoms in total. The van der Waals surface area contributed by atoms with E-state index in [1.807, 2.05) is 25.1 Å². The lowest BCUT2D eigenvalue weighted by Gasteiger charge is -2.10. The number of anilines is 1. The second kappa shape index (κ2) is 6.52. The zero-order valence-electron chi connectivity index (χ0n) is 11.1. The molecule has 0 unspecified atom stereocenters. The van der Waals surface area contributed by atoms with Crippen molar-refractivity contribution in [1.29, 1.82) is 0 Å². The first kappa shape index (κ1) is 14.5. The SMILES string of the molecule is Cc1cccc(NCCc2ccc([N+](=O)[O-])cc2)c1Br. The summed E-state index contributed by atoms with van der Waals surface area (Å²) in [6, 6.07) is 12.7. The van der Waals surface area contributed by atoms with Crippen LogP contribution < -0.4 is 5.32 Å². The molecule has 2 aromatic carbocycles. The van der Waals surface area contributed by atoms with Crippen LogP contribution in [0.15, 0.2) is 46.9 Å². The van der Waals surface area contributed by atoms with Crippen molar-refractivity contribution in [3.8, 4) is 0 Å². The standard InChI is InChI=1S/C15H15BrN2O2/c1-11-3-2-4-14(15(11)16)17-10-9-12-5-7-13(8-6-12)18(19)20/h2-8,17H,9-10H2,1H3. The fourth-order valence-corrected chi connectivity index (χ4v) is 2.31. The Morgan fingerprint density at radius 3 is 2.55 bits per heavy atom. The zero-order valence-corrected chi connectivity index (χ0v) is 12.7. The third-order valence-electron chi connectivity index (χ3n) is 3.07. The third-order valence-corrected chi connectivity index (χ3v) is 4.12. The lowest BCUT2D eigenvalue weighted by molar-refractivity contribution is -0.384. The van der Waals surface area contributed by atoms with Crippen molar-refractivity contribution in [2.24, 2.45) is 0 Å². The molecular formula is C15H15BrN2O2. The molecule has 0 aromatic heterocycles. The lowest BCUT2D eigenvalue weighted by atomic mass is 10.1. The maximum Gasteiger partial charge on any atom is 0.269 e. The Hall–Kier alpha value is -1.88. The molecule has 0 aliphatic carbocycles. The van der Waals surface area contributed by atoms with Crippen LogP contribution in [0.3, 0.4) is 0 Å². The summed E-state index contributed by atoms with van der Waals surface area (Å²) in [4.78, 5) is 10.2. The number of nitrogens with one attached hydrogen (secondary N) is 1. The molecule has 1 N–H and O–H groups in total. The van der Waals surface area contributed by atoms with Crippen LogP contribution in [0.4, 0.5) is 11.4 Å². The first-order chi connectivity index (χ1) is 9.58. The van der Waals surface area contributed by atoms with Gasteiger partial charge in [0, 0.05) is 28.8 Å². The molecule has 0 heterocycles. The van der Waals surface area contributed by atoms with Crippen LogP contribution >= 0.6 is 15.9 Å². The normalized spacial score (nSPS) is 10.3. The van der Waals surface area contributed by atoms with E-state index in [4.69, 9.17) is 0 Å². The zero-order chi connectivity index (χ0) is 14.5. The second-order valence-corrected chi connectivity index (χ2v) is 5.33. The Labute approximate surface area is 126 Å². The highest BCUT2D eigenvalue weighted by Gasteiger charge is 2.04. The number of nitrogens with zero attached hydrogens (tertiary/aromatic N) is 1. The fraction of sp³-hybridized carbons (Fsp3) is 0.200. The van der Waals surface area contributed by atoms with Gasteiger partial charge in [0.25, 0.3) is 5.69 Å². The minimum Gasteiger partial charge on any atom is -0.384 e. The molecule has 0 amide bonds. The van der Waals surface area contributed by atoms with Gasteiger partial charge in [-0.3, -0.25) is 10.1 Å². The number of non-ortho nitro benzene ring substituents is 1. The molecule has 0 bridgehead atoms. The highest BCUT2D eigenvalue weighted by Crippen LogP contribution is 2.25. The van der Waals surface area contributed by atoms with Crippen LogP contribution in [0, 0.1) is 17.0 Å². The maximum absolute atomic E-state index is 10.6. The van der Waals surface area contributed by atoms with Crippen molar-refractivity contribution in [3.63, 3.8) is 0 Å². The van der Waals surface area contributed by atoms with Crippen molar-refractivity contribution in [1.82, 2.24) is 0 Å². The number of nitro benzene ring substituents is 1. The van der Waals surface area contributed by atoms with E-state index in [1.54, 1.807) is 12.1 Å². The van der Waals surface area contributed by atoms with Gasteiger partial charge < -0.3 is 5.32 Å². The number of aryl methyl sites for hydroxylation is 1. The van der Waals surface area contributed by atoms with E-state index in [0.29, 0.717) is 0 Å². The van der Waals surface area contributed by atoms with Crippen LogP contribution in [-0.4, -0.2) is 11.5 Å². The molecule has 0 fully saturated rings. The van der Waals surface area contributed by atoms with Gasteiger partial charge in [0.05, 0.1) is 4.92 Å². The van der Waals surface area contributed by atoms with Crippen molar-refractivity contribution in [2.75, 3.05) is 11.9 Å². The van der Waals surface area contributed by atoms with Crippen molar-refractivity contribution >= 4 is 27.3 Å². The Morgan fingerprint density at radius 1 is 1.20 bits per heavy atom. The molecule has 0 saturated heterocycles. The minimum atomic E-state index is -0.383. The van der Waals surface area contributed by atoms with Crippen LogP contribution in [0.1, 0.15) is 11.1 Å². The smallest absolute Gasteiger partial charge is 0.269 e. The minimum absolute atomic E-state index is 0.128. The molecule has 20 heavy (non-hydrogen) atoms. The Kier molecular flexibility index (Phi) is 4.74. The van der Waals surface area contributed by atoms with Crippen molar-refractivity contribution < 1.29 is 4.92 Å². The molecule has 5 heteroatoms. The third kappa shape index (κ3) is 3.57. The monoisotopic (exact) mass is 334 g/mol. The van der Waals surface area contributed by atoms with Gasteiger partial charge in [0.15, 0.2) is 0 Å². The van der Waals surface area contributed by atoms with Gasteiger partial charge in [-0.05, 0) is 46.5 Å². The largest absolute Gasteiger partial charge is 0.384 e. The van der Waals surface area contributed by atoms with E-state index in [0.717, 1.165) is 28.7 Å². The number of nitro groups is 1. The molecule has 0 saturated carbocycles. The van der Waals surface area contributed by atoms with Crippen LogP contribution in [0.2, 0.25) is 0 Å². The van der Waals surface area contributed by atoms with Gasteiger partial charge >= 0.3 is 0 Å². The summed E-state index contributed by atoms with van der Waals surface area (Å²) >= 11 is 3.55. The number of halogens is 1. The molecule has 0 spiro atoms. The Morgan fingerprint density at radius 2 is 1.90 bits per heavy atom. The Bertz CT molecular complexity index is 612. The molecule has 0 aliphatic rings. The summed E-state index contributed by atoms with van der Waals surface area (Å²) in [7, 11) is 0. The molecule has 2 rings (SSSR count). The first-order valence-electron chi connectivity index (χ1n) is 6.30.